The van der Waals surface area contributed by atoms with Gasteiger partial charge in [0, 0.05) is 10.0 Å². The van der Waals surface area contributed by atoms with Gasteiger partial charge in [0.2, 0.25) is 0 Å². The minimum atomic E-state index is -0.205. The topological polar surface area (TPSA) is 26.0 Å². The van der Waals surface area contributed by atoms with Crippen LogP contribution in [0.15, 0.2) is 22.7 Å². The molecule has 2 rings (SSSR count). The van der Waals surface area contributed by atoms with Crippen molar-refractivity contribution in [2.75, 3.05) is 0 Å². The summed E-state index contributed by atoms with van der Waals surface area (Å²) >= 11 is 3.42. The lowest BCUT2D eigenvalue weighted by molar-refractivity contribution is 0.235. The molecule has 2 atom stereocenters. The molecule has 0 saturated heterocycles. The van der Waals surface area contributed by atoms with Gasteiger partial charge in [-0.15, -0.1) is 0 Å². The van der Waals surface area contributed by atoms with Gasteiger partial charge in [-0.1, -0.05) is 41.8 Å². The van der Waals surface area contributed by atoms with Crippen LogP contribution in [-0.4, -0.2) is 5.54 Å². The quantitative estimate of drug-likeness (QED) is 0.876. The van der Waals surface area contributed by atoms with E-state index in [1.807, 2.05) is 6.07 Å². The van der Waals surface area contributed by atoms with Crippen LogP contribution < -0.4 is 5.73 Å². The first-order valence-electron chi connectivity index (χ1n) is 6.21. The van der Waals surface area contributed by atoms with E-state index in [4.69, 9.17) is 5.73 Å². The zero-order valence-corrected chi connectivity index (χ0v) is 11.8. The first kappa shape index (κ1) is 13.0. The van der Waals surface area contributed by atoms with Crippen LogP contribution in [0.2, 0.25) is 0 Å². The van der Waals surface area contributed by atoms with Gasteiger partial charge in [0.25, 0.3) is 0 Å². The standard InChI is InChI=1S/C14H19BrFN/c1-10-3-2-6-14(17,8-10)9-11-4-5-12(16)7-13(11)15/h4-5,7,10H,2-3,6,8-9,17H2,1H3. The van der Waals surface area contributed by atoms with E-state index in [0.29, 0.717) is 5.92 Å². The summed E-state index contributed by atoms with van der Waals surface area (Å²) in [7, 11) is 0. The second-order valence-electron chi connectivity index (χ2n) is 5.48. The van der Waals surface area contributed by atoms with Crippen molar-refractivity contribution in [2.45, 2.75) is 44.6 Å². The Morgan fingerprint density at radius 2 is 2.29 bits per heavy atom. The van der Waals surface area contributed by atoms with Crippen molar-refractivity contribution in [1.82, 2.24) is 0 Å². The van der Waals surface area contributed by atoms with E-state index < -0.39 is 0 Å². The summed E-state index contributed by atoms with van der Waals surface area (Å²) in [6, 6.07) is 4.87. The van der Waals surface area contributed by atoms with Gasteiger partial charge >= 0.3 is 0 Å². The van der Waals surface area contributed by atoms with Crippen molar-refractivity contribution in [3.8, 4) is 0 Å². The van der Waals surface area contributed by atoms with E-state index in [-0.39, 0.29) is 11.4 Å². The molecule has 94 valence electrons. The molecule has 0 radical (unpaired) electrons. The van der Waals surface area contributed by atoms with Gasteiger partial charge in [0.1, 0.15) is 5.82 Å². The maximum absolute atomic E-state index is 13.0. The Morgan fingerprint density at radius 1 is 1.53 bits per heavy atom. The van der Waals surface area contributed by atoms with E-state index in [0.717, 1.165) is 29.3 Å². The summed E-state index contributed by atoms with van der Waals surface area (Å²) in [5.74, 6) is 0.497. The average molecular weight is 300 g/mol. The molecule has 3 heteroatoms. The number of hydrogen-bond donors (Lipinski definition) is 1. The molecule has 17 heavy (non-hydrogen) atoms. The van der Waals surface area contributed by atoms with E-state index in [1.54, 1.807) is 0 Å². The summed E-state index contributed by atoms with van der Waals surface area (Å²) in [6.07, 6.45) is 5.45. The fourth-order valence-corrected chi connectivity index (χ4v) is 3.40. The third kappa shape index (κ3) is 3.29. The summed E-state index contributed by atoms with van der Waals surface area (Å²) < 4.78 is 13.9. The van der Waals surface area contributed by atoms with Gasteiger partial charge in [-0.2, -0.15) is 0 Å². The lowest BCUT2D eigenvalue weighted by Gasteiger charge is -2.37. The number of rotatable bonds is 2. The van der Waals surface area contributed by atoms with E-state index >= 15 is 0 Å². The fraction of sp³-hybridized carbons (Fsp3) is 0.571. The summed E-state index contributed by atoms with van der Waals surface area (Å²) in [6.45, 7) is 2.26. The maximum atomic E-state index is 13.0. The van der Waals surface area contributed by atoms with Crippen molar-refractivity contribution in [1.29, 1.82) is 0 Å². The first-order valence-corrected chi connectivity index (χ1v) is 7.01. The van der Waals surface area contributed by atoms with Crippen molar-refractivity contribution >= 4 is 15.9 Å². The molecule has 0 heterocycles. The van der Waals surface area contributed by atoms with Crippen molar-refractivity contribution in [2.24, 2.45) is 11.7 Å². The van der Waals surface area contributed by atoms with Crippen molar-refractivity contribution < 1.29 is 4.39 Å². The van der Waals surface area contributed by atoms with Gasteiger partial charge in [0.05, 0.1) is 0 Å². The summed E-state index contributed by atoms with van der Waals surface area (Å²) in [5.41, 5.74) is 7.47. The molecule has 1 aliphatic rings. The molecule has 0 amide bonds. The highest BCUT2D eigenvalue weighted by molar-refractivity contribution is 9.10. The highest BCUT2D eigenvalue weighted by atomic mass is 79.9. The van der Waals surface area contributed by atoms with Crippen LogP contribution in [0, 0.1) is 11.7 Å². The SMILES string of the molecule is CC1CCCC(N)(Cc2ccc(F)cc2Br)C1. The monoisotopic (exact) mass is 299 g/mol. The molecule has 2 unspecified atom stereocenters. The Kier molecular flexibility index (Phi) is 3.88. The van der Waals surface area contributed by atoms with Crippen LogP contribution >= 0.6 is 15.9 Å². The van der Waals surface area contributed by atoms with Crippen LogP contribution in [0.1, 0.15) is 38.2 Å². The zero-order chi connectivity index (χ0) is 12.5. The Morgan fingerprint density at radius 3 is 2.94 bits per heavy atom. The third-order valence-corrected chi connectivity index (χ3v) is 4.42. The Hall–Kier alpha value is -0.410. The molecule has 1 saturated carbocycles. The summed E-state index contributed by atoms with van der Waals surface area (Å²) in [5, 5.41) is 0. The highest BCUT2D eigenvalue weighted by Gasteiger charge is 2.31. The van der Waals surface area contributed by atoms with Gasteiger partial charge in [-0.25, -0.2) is 4.39 Å². The molecular weight excluding hydrogens is 281 g/mol. The predicted molar refractivity (Wildman–Crippen MR) is 72.4 cm³/mol. The second-order valence-corrected chi connectivity index (χ2v) is 6.33. The first-order chi connectivity index (χ1) is 7.98. The lowest BCUT2D eigenvalue weighted by Crippen LogP contribution is -2.45. The number of hydrogen-bond acceptors (Lipinski definition) is 1. The fourth-order valence-electron chi connectivity index (χ4n) is 2.91. The molecule has 1 aliphatic carbocycles. The molecule has 0 bridgehead atoms. The van der Waals surface area contributed by atoms with Crippen LogP contribution in [0.25, 0.3) is 0 Å². The summed E-state index contributed by atoms with van der Waals surface area (Å²) in [4.78, 5) is 0. The van der Waals surface area contributed by atoms with E-state index in [9.17, 15) is 4.39 Å². The van der Waals surface area contributed by atoms with Gasteiger partial charge in [-0.05, 0) is 42.9 Å². The second kappa shape index (κ2) is 5.07. The van der Waals surface area contributed by atoms with Crippen LogP contribution in [-0.2, 0) is 6.42 Å². The van der Waals surface area contributed by atoms with E-state index in [2.05, 4.69) is 22.9 Å². The number of benzene rings is 1. The maximum Gasteiger partial charge on any atom is 0.124 e. The van der Waals surface area contributed by atoms with Crippen LogP contribution in [0.4, 0.5) is 4.39 Å². The molecule has 2 N–H and O–H groups in total. The molecule has 1 fully saturated rings. The normalized spacial score (nSPS) is 29.3. The Bertz CT molecular complexity index is 407. The van der Waals surface area contributed by atoms with Crippen molar-refractivity contribution in [3.63, 3.8) is 0 Å². The predicted octanol–water partition coefficient (Wildman–Crippen LogP) is 4.04. The molecule has 0 aromatic heterocycles. The largest absolute Gasteiger partial charge is 0.325 e. The molecule has 1 aromatic carbocycles. The molecule has 1 nitrogen and oxygen atoms in total. The van der Waals surface area contributed by atoms with E-state index in [1.165, 1.54) is 25.0 Å². The van der Waals surface area contributed by atoms with Crippen LogP contribution in [0.3, 0.4) is 0 Å². The minimum Gasteiger partial charge on any atom is -0.325 e. The van der Waals surface area contributed by atoms with Gasteiger partial charge < -0.3 is 5.73 Å². The minimum absolute atomic E-state index is 0.113. The smallest absolute Gasteiger partial charge is 0.124 e. The Labute approximate surface area is 111 Å². The lowest BCUT2D eigenvalue weighted by atomic mass is 9.74. The molecule has 1 aromatic rings. The highest BCUT2D eigenvalue weighted by Crippen LogP contribution is 2.34. The molecule has 0 spiro atoms. The Balaban J connectivity index is 2.14. The molecule has 0 aliphatic heterocycles. The van der Waals surface area contributed by atoms with Gasteiger partial charge in [-0.3, -0.25) is 0 Å². The zero-order valence-electron chi connectivity index (χ0n) is 10.2. The van der Waals surface area contributed by atoms with Crippen LogP contribution in [0.5, 0.6) is 0 Å². The average Bonchev–Trinajstić information content (AvgIpc) is 2.22. The van der Waals surface area contributed by atoms with Crippen molar-refractivity contribution in [3.05, 3.63) is 34.1 Å². The third-order valence-electron chi connectivity index (χ3n) is 3.68. The number of halogens is 2. The van der Waals surface area contributed by atoms with Gasteiger partial charge in [0.15, 0.2) is 0 Å². The molecular formula is C14H19BrFN. The number of nitrogens with two attached hydrogens (primary N) is 1.